The molecule has 5 heteroatoms. The zero-order chi connectivity index (χ0) is 13.9. The van der Waals surface area contributed by atoms with Gasteiger partial charge in [0.2, 0.25) is 0 Å². The number of carboxylic acids is 1. The third kappa shape index (κ3) is 2.83. The van der Waals surface area contributed by atoms with Crippen LogP contribution in [-0.4, -0.2) is 33.5 Å². The minimum atomic E-state index is -0.701. The van der Waals surface area contributed by atoms with Gasteiger partial charge < -0.3 is 5.11 Å². The Morgan fingerprint density at radius 2 is 2.20 bits per heavy atom. The van der Waals surface area contributed by atoms with Crippen LogP contribution in [0, 0.1) is 0 Å². The first-order valence-electron chi connectivity index (χ1n) is 7.05. The van der Waals surface area contributed by atoms with Crippen molar-refractivity contribution in [3.05, 3.63) is 29.3 Å². The van der Waals surface area contributed by atoms with E-state index in [9.17, 15) is 9.90 Å². The third-order valence-electron chi connectivity index (χ3n) is 3.83. The minimum absolute atomic E-state index is 0.357. The topological polar surface area (TPSA) is 53.4 Å². The maximum atomic E-state index is 11.4. The highest BCUT2D eigenvalue weighted by molar-refractivity contribution is 7.18. The van der Waals surface area contributed by atoms with Crippen molar-refractivity contribution >= 4 is 27.5 Å². The second-order valence-electron chi connectivity index (χ2n) is 5.25. The van der Waals surface area contributed by atoms with E-state index < -0.39 is 5.97 Å². The van der Waals surface area contributed by atoms with Gasteiger partial charge in [0.25, 0.3) is 0 Å². The molecule has 1 fully saturated rings. The summed E-state index contributed by atoms with van der Waals surface area (Å²) in [4.78, 5) is 18.1. The number of nitrogens with zero attached hydrogens (tertiary/aromatic N) is 2. The van der Waals surface area contributed by atoms with E-state index in [1.807, 2.05) is 18.2 Å². The monoisotopic (exact) mass is 290 g/mol. The number of hydrogen-bond acceptors (Lipinski definition) is 4. The van der Waals surface area contributed by atoms with Crippen molar-refractivity contribution < 1.29 is 9.90 Å². The van der Waals surface area contributed by atoms with Gasteiger partial charge in [-0.05, 0) is 31.5 Å². The second-order valence-corrected chi connectivity index (χ2v) is 6.36. The van der Waals surface area contributed by atoms with Gasteiger partial charge in [0.15, 0.2) is 0 Å². The normalized spacial score (nSPS) is 20.9. The molecule has 20 heavy (non-hydrogen) atoms. The van der Waals surface area contributed by atoms with E-state index in [-0.39, 0.29) is 6.04 Å². The van der Waals surface area contributed by atoms with Crippen molar-refractivity contribution in [3.8, 4) is 0 Å². The predicted molar refractivity (Wildman–Crippen MR) is 79.9 cm³/mol. The zero-order valence-electron chi connectivity index (χ0n) is 11.3. The molecule has 106 valence electrons. The minimum Gasteiger partial charge on any atom is -0.480 e. The van der Waals surface area contributed by atoms with Gasteiger partial charge in [-0.15, -0.1) is 11.3 Å². The lowest BCUT2D eigenvalue weighted by molar-refractivity contribution is -0.143. The second kappa shape index (κ2) is 5.89. The molecule has 1 unspecified atom stereocenters. The molecule has 3 rings (SSSR count). The number of fused-ring (bicyclic) bond motifs is 1. The van der Waals surface area contributed by atoms with E-state index in [4.69, 9.17) is 0 Å². The standard InChI is InChI=1S/C15H18N2O2S/c18-15(19)12-7-2-1-5-9-17(12)10-14-16-11-6-3-4-8-13(11)20-14/h3-4,6,8,12H,1-2,5,7,9-10H2,(H,18,19). The highest BCUT2D eigenvalue weighted by Gasteiger charge is 2.27. The SMILES string of the molecule is O=C(O)C1CCCCCN1Cc1nc2ccccc2s1. The van der Waals surface area contributed by atoms with Crippen molar-refractivity contribution in [1.82, 2.24) is 9.88 Å². The Balaban J connectivity index is 1.81. The number of carbonyl (C=O) groups is 1. The number of carboxylic acid groups (broad SMARTS) is 1. The highest BCUT2D eigenvalue weighted by Crippen LogP contribution is 2.25. The fraction of sp³-hybridized carbons (Fsp3) is 0.467. The van der Waals surface area contributed by atoms with Gasteiger partial charge in [0, 0.05) is 0 Å². The average molecular weight is 290 g/mol. The number of benzene rings is 1. The van der Waals surface area contributed by atoms with E-state index >= 15 is 0 Å². The molecule has 1 atom stereocenters. The molecule has 0 bridgehead atoms. The van der Waals surface area contributed by atoms with Crippen LogP contribution in [0.15, 0.2) is 24.3 Å². The summed E-state index contributed by atoms with van der Waals surface area (Å²) in [5.74, 6) is -0.701. The van der Waals surface area contributed by atoms with Crippen molar-refractivity contribution in [1.29, 1.82) is 0 Å². The van der Waals surface area contributed by atoms with Crippen LogP contribution in [0.3, 0.4) is 0 Å². The van der Waals surface area contributed by atoms with E-state index in [0.717, 1.165) is 42.8 Å². The Labute approximate surface area is 122 Å². The number of thiazole rings is 1. The fourth-order valence-corrected chi connectivity index (χ4v) is 3.79. The van der Waals surface area contributed by atoms with Crippen molar-refractivity contribution in [3.63, 3.8) is 0 Å². The smallest absolute Gasteiger partial charge is 0.320 e. The molecule has 2 aromatic rings. The molecule has 4 nitrogen and oxygen atoms in total. The molecule has 1 aliphatic heterocycles. The largest absolute Gasteiger partial charge is 0.480 e. The number of rotatable bonds is 3. The van der Waals surface area contributed by atoms with Crippen LogP contribution in [0.1, 0.15) is 30.7 Å². The predicted octanol–water partition coefficient (Wildman–Crippen LogP) is 3.13. The quantitative estimate of drug-likeness (QED) is 0.943. The molecule has 1 N–H and O–H groups in total. The Morgan fingerprint density at radius 1 is 1.35 bits per heavy atom. The molecular formula is C15H18N2O2S. The molecule has 1 aliphatic rings. The number of aromatic nitrogens is 1. The van der Waals surface area contributed by atoms with Crippen LogP contribution in [0.5, 0.6) is 0 Å². The van der Waals surface area contributed by atoms with Gasteiger partial charge in [-0.1, -0.05) is 25.0 Å². The summed E-state index contributed by atoms with van der Waals surface area (Å²) in [6, 6.07) is 7.71. The van der Waals surface area contributed by atoms with Gasteiger partial charge in [0.05, 0.1) is 16.8 Å². The average Bonchev–Trinajstić information content (AvgIpc) is 2.68. The first kappa shape index (κ1) is 13.5. The molecule has 1 aromatic heterocycles. The lowest BCUT2D eigenvalue weighted by atomic mass is 10.1. The van der Waals surface area contributed by atoms with Gasteiger partial charge in [-0.2, -0.15) is 0 Å². The summed E-state index contributed by atoms with van der Waals surface area (Å²) in [6.07, 6.45) is 3.96. The number of para-hydroxylation sites is 1. The maximum absolute atomic E-state index is 11.4. The molecule has 1 saturated heterocycles. The molecular weight excluding hydrogens is 272 g/mol. The van der Waals surface area contributed by atoms with Crippen LogP contribution in [0.25, 0.3) is 10.2 Å². The molecule has 0 amide bonds. The molecule has 0 aliphatic carbocycles. The number of aliphatic carboxylic acids is 1. The zero-order valence-corrected chi connectivity index (χ0v) is 12.1. The highest BCUT2D eigenvalue weighted by atomic mass is 32.1. The lowest BCUT2D eigenvalue weighted by Crippen LogP contribution is -2.40. The first-order chi connectivity index (χ1) is 9.74. The summed E-state index contributed by atoms with van der Waals surface area (Å²) in [5.41, 5.74) is 1.01. The maximum Gasteiger partial charge on any atom is 0.320 e. The van der Waals surface area contributed by atoms with E-state index in [2.05, 4.69) is 16.0 Å². The van der Waals surface area contributed by atoms with Crippen LogP contribution < -0.4 is 0 Å². The van der Waals surface area contributed by atoms with E-state index in [0.29, 0.717) is 6.54 Å². The van der Waals surface area contributed by atoms with Crippen molar-refractivity contribution in [2.45, 2.75) is 38.3 Å². The summed E-state index contributed by atoms with van der Waals surface area (Å²) in [5, 5.41) is 10.4. The van der Waals surface area contributed by atoms with Crippen LogP contribution >= 0.6 is 11.3 Å². The van der Waals surface area contributed by atoms with Crippen LogP contribution in [0.4, 0.5) is 0 Å². The van der Waals surface area contributed by atoms with E-state index in [1.54, 1.807) is 11.3 Å². The summed E-state index contributed by atoms with van der Waals surface area (Å²) in [6.45, 7) is 1.50. The van der Waals surface area contributed by atoms with Crippen LogP contribution in [0.2, 0.25) is 0 Å². The Hall–Kier alpha value is -1.46. The van der Waals surface area contributed by atoms with E-state index in [1.165, 1.54) is 4.70 Å². The third-order valence-corrected chi connectivity index (χ3v) is 4.85. The van der Waals surface area contributed by atoms with Crippen molar-refractivity contribution in [2.75, 3.05) is 6.54 Å². The Morgan fingerprint density at radius 3 is 3.00 bits per heavy atom. The van der Waals surface area contributed by atoms with Gasteiger partial charge in [-0.25, -0.2) is 4.98 Å². The Kier molecular flexibility index (Phi) is 3.98. The van der Waals surface area contributed by atoms with Crippen molar-refractivity contribution in [2.24, 2.45) is 0 Å². The summed E-state index contributed by atoms with van der Waals surface area (Å²) >= 11 is 1.67. The Bertz CT molecular complexity index is 578. The van der Waals surface area contributed by atoms with Crippen LogP contribution in [-0.2, 0) is 11.3 Å². The lowest BCUT2D eigenvalue weighted by Gasteiger charge is -2.25. The first-order valence-corrected chi connectivity index (χ1v) is 7.87. The fourth-order valence-electron chi connectivity index (χ4n) is 2.80. The molecule has 1 aromatic carbocycles. The van der Waals surface area contributed by atoms with Gasteiger partial charge in [-0.3, -0.25) is 9.69 Å². The van der Waals surface area contributed by atoms with Gasteiger partial charge in [0.1, 0.15) is 11.0 Å². The number of likely N-dealkylation sites (tertiary alicyclic amines) is 1. The number of hydrogen-bond donors (Lipinski definition) is 1. The molecule has 0 spiro atoms. The summed E-state index contributed by atoms with van der Waals surface area (Å²) in [7, 11) is 0. The molecule has 2 heterocycles. The molecule has 0 radical (unpaired) electrons. The van der Waals surface area contributed by atoms with Gasteiger partial charge >= 0.3 is 5.97 Å². The summed E-state index contributed by atoms with van der Waals surface area (Å²) < 4.78 is 1.17. The molecule has 0 saturated carbocycles.